The molecule has 0 bridgehead atoms. The highest BCUT2D eigenvalue weighted by Crippen LogP contribution is 2.29. The molecule has 1 aromatic rings. The van der Waals surface area contributed by atoms with Crippen LogP contribution in [0.2, 0.25) is 0 Å². The summed E-state index contributed by atoms with van der Waals surface area (Å²) in [7, 11) is 0. The van der Waals surface area contributed by atoms with Gasteiger partial charge in [0.1, 0.15) is 5.84 Å². The summed E-state index contributed by atoms with van der Waals surface area (Å²) in [4.78, 5) is 4.10. The van der Waals surface area contributed by atoms with E-state index in [1.807, 2.05) is 13.8 Å². The normalized spacial score (nSPS) is 13.0. The van der Waals surface area contributed by atoms with Gasteiger partial charge in [0, 0.05) is 11.6 Å². The van der Waals surface area contributed by atoms with E-state index in [2.05, 4.69) is 10.4 Å². The molecule has 3 nitrogen and oxygen atoms in total. The zero-order valence-corrected chi connectivity index (χ0v) is 9.55. The van der Waals surface area contributed by atoms with Gasteiger partial charge < -0.3 is 5.43 Å². The van der Waals surface area contributed by atoms with Gasteiger partial charge in [0.25, 0.3) is 0 Å². The Bertz CT molecular complexity index is 411. The molecule has 0 spiro atoms. The maximum atomic E-state index is 12.5. The summed E-state index contributed by atoms with van der Waals surface area (Å²) >= 11 is 0. The Morgan fingerprint density at radius 3 is 2.47 bits per heavy atom. The van der Waals surface area contributed by atoms with E-state index in [0.717, 1.165) is 12.1 Å². The summed E-state index contributed by atoms with van der Waals surface area (Å²) < 4.78 is 37.5. The first-order chi connectivity index (χ1) is 7.84. The average Bonchev–Trinajstić information content (AvgIpc) is 2.24. The highest BCUT2D eigenvalue weighted by Gasteiger charge is 2.30. The zero-order valence-electron chi connectivity index (χ0n) is 9.55. The van der Waals surface area contributed by atoms with Crippen LogP contribution in [-0.4, -0.2) is 11.9 Å². The van der Waals surface area contributed by atoms with Gasteiger partial charge >= 0.3 is 6.18 Å². The van der Waals surface area contributed by atoms with Crippen molar-refractivity contribution in [3.63, 3.8) is 0 Å². The average molecular weight is 245 g/mol. The van der Waals surface area contributed by atoms with Gasteiger partial charge in [0.05, 0.1) is 5.56 Å². The van der Waals surface area contributed by atoms with Crippen LogP contribution in [0.3, 0.4) is 0 Å². The van der Waals surface area contributed by atoms with Crippen molar-refractivity contribution in [3.05, 3.63) is 35.4 Å². The number of nitrogens with zero attached hydrogens (tertiary/aromatic N) is 1. The van der Waals surface area contributed by atoms with E-state index in [9.17, 15) is 13.2 Å². The van der Waals surface area contributed by atoms with Crippen molar-refractivity contribution in [3.8, 4) is 0 Å². The lowest BCUT2D eigenvalue weighted by molar-refractivity contribution is -0.137. The lowest BCUT2D eigenvalue weighted by Gasteiger charge is -2.11. The van der Waals surface area contributed by atoms with Crippen molar-refractivity contribution in [2.24, 2.45) is 10.8 Å². The van der Waals surface area contributed by atoms with Gasteiger partial charge in [-0.05, 0) is 26.0 Å². The summed E-state index contributed by atoms with van der Waals surface area (Å²) in [5.74, 6) is 5.49. The minimum absolute atomic E-state index is 0.0596. The van der Waals surface area contributed by atoms with E-state index in [1.165, 1.54) is 12.1 Å². The van der Waals surface area contributed by atoms with Gasteiger partial charge in [0.15, 0.2) is 0 Å². The van der Waals surface area contributed by atoms with Crippen LogP contribution in [0.15, 0.2) is 29.3 Å². The first kappa shape index (κ1) is 13.5. The van der Waals surface area contributed by atoms with Crippen molar-refractivity contribution in [1.82, 2.24) is 5.43 Å². The Balaban J connectivity index is 3.14. The van der Waals surface area contributed by atoms with Crippen molar-refractivity contribution in [2.45, 2.75) is 26.1 Å². The Hall–Kier alpha value is -1.56. The predicted octanol–water partition coefficient (Wildman–Crippen LogP) is 2.32. The fourth-order valence-corrected chi connectivity index (χ4v) is 1.30. The van der Waals surface area contributed by atoms with E-state index >= 15 is 0 Å². The fraction of sp³-hybridized carbons (Fsp3) is 0.364. The largest absolute Gasteiger partial charge is 0.416 e. The van der Waals surface area contributed by atoms with E-state index < -0.39 is 11.7 Å². The van der Waals surface area contributed by atoms with Gasteiger partial charge in [-0.3, -0.25) is 4.99 Å². The van der Waals surface area contributed by atoms with Crippen LogP contribution >= 0.6 is 0 Å². The third kappa shape index (κ3) is 3.74. The smallest absolute Gasteiger partial charge is 0.308 e. The molecule has 0 fully saturated rings. The minimum atomic E-state index is -4.37. The van der Waals surface area contributed by atoms with Crippen molar-refractivity contribution >= 4 is 5.84 Å². The molecule has 0 amide bonds. The number of hydrogen-bond donors (Lipinski definition) is 2. The molecule has 17 heavy (non-hydrogen) atoms. The van der Waals surface area contributed by atoms with Crippen LogP contribution in [0.5, 0.6) is 0 Å². The third-order valence-electron chi connectivity index (χ3n) is 1.99. The lowest BCUT2D eigenvalue weighted by Crippen LogP contribution is -2.32. The number of nitrogens with two attached hydrogens (primary N) is 1. The molecule has 0 aliphatic rings. The van der Waals surface area contributed by atoms with Crippen molar-refractivity contribution in [2.75, 3.05) is 0 Å². The molecule has 1 aromatic carbocycles. The van der Waals surface area contributed by atoms with Gasteiger partial charge in [0.2, 0.25) is 0 Å². The number of aliphatic imine (C=N–C) groups is 1. The van der Waals surface area contributed by atoms with Crippen LogP contribution in [0.4, 0.5) is 13.2 Å². The maximum absolute atomic E-state index is 12.5. The highest BCUT2D eigenvalue weighted by molar-refractivity contribution is 5.98. The molecule has 0 heterocycles. The number of nitrogens with one attached hydrogen (secondary N) is 1. The molecule has 0 aliphatic heterocycles. The summed E-state index contributed by atoms with van der Waals surface area (Å²) in [5.41, 5.74) is 1.91. The number of alkyl halides is 3. The molecule has 0 saturated heterocycles. The fourth-order valence-electron chi connectivity index (χ4n) is 1.30. The Kier molecular flexibility index (Phi) is 4.11. The Morgan fingerprint density at radius 1 is 1.35 bits per heavy atom. The summed E-state index contributed by atoms with van der Waals surface area (Å²) in [6.07, 6.45) is -4.37. The second-order valence-electron chi connectivity index (χ2n) is 3.79. The van der Waals surface area contributed by atoms with E-state index in [1.54, 1.807) is 0 Å². The molecule has 0 aliphatic carbocycles. The van der Waals surface area contributed by atoms with E-state index in [0.29, 0.717) is 5.56 Å². The molecule has 1 rings (SSSR count). The highest BCUT2D eigenvalue weighted by atomic mass is 19.4. The molecule has 0 saturated carbocycles. The summed E-state index contributed by atoms with van der Waals surface area (Å²) in [5, 5.41) is 0. The van der Waals surface area contributed by atoms with E-state index in [-0.39, 0.29) is 11.9 Å². The van der Waals surface area contributed by atoms with Gasteiger partial charge in [-0.2, -0.15) is 13.2 Å². The number of hydrazine groups is 1. The first-order valence-corrected chi connectivity index (χ1v) is 5.06. The number of halogens is 3. The second-order valence-corrected chi connectivity index (χ2v) is 3.79. The molecule has 3 N–H and O–H groups in total. The standard InChI is InChI=1S/C11H14F3N3/c1-7(2)16-10(17-15)8-4-3-5-9(6-8)11(12,13)14/h3-7H,15H2,1-2H3,(H,16,17). The Labute approximate surface area is 97.5 Å². The van der Waals surface area contributed by atoms with Gasteiger partial charge in [-0.25, -0.2) is 5.84 Å². The first-order valence-electron chi connectivity index (χ1n) is 5.06. The SMILES string of the molecule is CC(C)N=C(NN)c1cccc(C(F)(F)F)c1. The van der Waals surface area contributed by atoms with Crippen LogP contribution in [-0.2, 0) is 6.18 Å². The maximum Gasteiger partial charge on any atom is 0.416 e. The van der Waals surface area contributed by atoms with Crippen molar-refractivity contribution < 1.29 is 13.2 Å². The van der Waals surface area contributed by atoms with Crippen molar-refractivity contribution in [1.29, 1.82) is 0 Å². The van der Waals surface area contributed by atoms with Gasteiger partial charge in [-0.15, -0.1) is 0 Å². The van der Waals surface area contributed by atoms with Gasteiger partial charge in [-0.1, -0.05) is 12.1 Å². The molecule has 6 heteroatoms. The molecular weight excluding hydrogens is 231 g/mol. The number of hydrogen-bond acceptors (Lipinski definition) is 2. The topological polar surface area (TPSA) is 50.4 Å². The van der Waals surface area contributed by atoms with Crippen LogP contribution in [0.1, 0.15) is 25.0 Å². The summed E-state index contributed by atoms with van der Waals surface area (Å²) in [6.45, 7) is 3.62. The zero-order chi connectivity index (χ0) is 13.1. The molecular formula is C11H14F3N3. The number of benzene rings is 1. The van der Waals surface area contributed by atoms with Crippen LogP contribution in [0, 0.1) is 0 Å². The quantitative estimate of drug-likeness (QED) is 0.363. The van der Waals surface area contributed by atoms with E-state index in [4.69, 9.17) is 5.84 Å². The van der Waals surface area contributed by atoms with Crippen LogP contribution < -0.4 is 11.3 Å². The molecule has 94 valence electrons. The molecule has 0 aromatic heterocycles. The van der Waals surface area contributed by atoms with Crippen LogP contribution in [0.25, 0.3) is 0 Å². The molecule has 0 radical (unpaired) electrons. The molecule has 0 atom stereocenters. The Morgan fingerprint density at radius 2 is 2.00 bits per heavy atom. The number of amidine groups is 1. The minimum Gasteiger partial charge on any atom is -0.308 e. The molecule has 0 unspecified atom stereocenters. The predicted molar refractivity (Wildman–Crippen MR) is 60.4 cm³/mol. The number of rotatable bonds is 2. The summed E-state index contributed by atoms with van der Waals surface area (Å²) in [6, 6.07) is 4.81. The monoisotopic (exact) mass is 245 g/mol. The third-order valence-corrected chi connectivity index (χ3v) is 1.99. The second kappa shape index (κ2) is 5.18. The lowest BCUT2D eigenvalue weighted by atomic mass is 10.1.